The van der Waals surface area contributed by atoms with Crippen molar-refractivity contribution >= 4 is 17.4 Å². The summed E-state index contributed by atoms with van der Waals surface area (Å²) in [5.41, 5.74) is 1.76. The molecule has 1 unspecified atom stereocenters. The zero-order chi connectivity index (χ0) is 23.4. The predicted octanol–water partition coefficient (Wildman–Crippen LogP) is 3.47. The van der Waals surface area contributed by atoms with Crippen molar-refractivity contribution in [3.8, 4) is 11.5 Å². The number of nitrogens with zero attached hydrogens (tertiary/aromatic N) is 2. The Morgan fingerprint density at radius 2 is 1.84 bits per heavy atom. The molecular formula is C25H30N2O5. The lowest BCUT2D eigenvalue weighted by Gasteiger charge is -2.28. The van der Waals surface area contributed by atoms with Crippen molar-refractivity contribution in [3.63, 3.8) is 0 Å². The Bertz CT molecular complexity index is 1040. The van der Waals surface area contributed by atoms with Crippen LogP contribution >= 0.6 is 0 Å². The van der Waals surface area contributed by atoms with Crippen LogP contribution in [0.5, 0.6) is 11.5 Å². The molecule has 1 atom stereocenters. The standard InChI is InChI=1S/C25H30N2O5/c1-5-26(6-2)12-13-27-22(17-8-7-9-18(28)15-17)21(24(30)25(27)31)23(29)20-11-10-19(32-4)14-16(20)3/h7-11,14-15,22,28-29H,5-6,12-13H2,1-4H3/b23-21-. The number of ketones is 1. The van der Waals surface area contributed by atoms with Crippen molar-refractivity contribution in [1.29, 1.82) is 0 Å². The maximum Gasteiger partial charge on any atom is 0.295 e. The molecule has 1 aliphatic rings. The monoisotopic (exact) mass is 438 g/mol. The number of aromatic hydroxyl groups is 1. The topological polar surface area (TPSA) is 90.3 Å². The molecule has 1 aliphatic heterocycles. The second-order valence-electron chi connectivity index (χ2n) is 7.80. The number of methoxy groups -OCH3 is 1. The first-order chi connectivity index (χ1) is 15.3. The SMILES string of the molecule is CCN(CC)CCN1C(=O)C(=O)/C(=C(\O)c2ccc(OC)cc2C)C1c1cccc(O)c1. The summed E-state index contributed by atoms with van der Waals surface area (Å²) in [6.45, 7) is 8.44. The number of hydrogen-bond donors (Lipinski definition) is 2. The van der Waals surface area contributed by atoms with Crippen molar-refractivity contribution in [2.45, 2.75) is 26.8 Å². The number of likely N-dealkylation sites (N-methyl/N-ethyl adjacent to an activating group) is 1. The third kappa shape index (κ3) is 4.48. The molecule has 0 bridgehead atoms. The lowest BCUT2D eigenvalue weighted by atomic mass is 9.93. The summed E-state index contributed by atoms with van der Waals surface area (Å²) in [6.07, 6.45) is 0. The van der Waals surface area contributed by atoms with Gasteiger partial charge >= 0.3 is 0 Å². The molecule has 170 valence electrons. The molecule has 0 aliphatic carbocycles. The molecule has 0 radical (unpaired) electrons. The van der Waals surface area contributed by atoms with E-state index in [1.54, 1.807) is 44.4 Å². The molecule has 0 aromatic heterocycles. The molecule has 7 heteroatoms. The van der Waals surface area contributed by atoms with Gasteiger partial charge in [0.1, 0.15) is 17.3 Å². The van der Waals surface area contributed by atoms with Crippen molar-refractivity contribution in [2.24, 2.45) is 0 Å². The molecule has 1 fully saturated rings. The van der Waals surface area contributed by atoms with Crippen LogP contribution in [-0.4, -0.2) is 65.0 Å². The minimum atomic E-state index is -0.792. The van der Waals surface area contributed by atoms with Crippen LogP contribution in [-0.2, 0) is 9.59 Å². The summed E-state index contributed by atoms with van der Waals surface area (Å²) in [7, 11) is 1.55. The molecule has 2 N–H and O–H groups in total. The fourth-order valence-corrected chi connectivity index (χ4v) is 4.11. The number of carbonyl (C=O) groups excluding carboxylic acids is 2. The van der Waals surface area contributed by atoms with Crippen molar-refractivity contribution in [3.05, 3.63) is 64.7 Å². The Kier molecular flexibility index (Phi) is 7.20. The summed E-state index contributed by atoms with van der Waals surface area (Å²) in [5.74, 6) is -0.966. The maximum absolute atomic E-state index is 13.1. The van der Waals surface area contributed by atoms with Crippen LogP contribution in [0.1, 0.15) is 36.6 Å². The van der Waals surface area contributed by atoms with E-state index in [0.29, 0.717) is 35.5 Å². The first-order valence-corrected chi connectivity index (χ1v) is 10.8. The number of Topliss-reactive ketones (excluding diaryl/α,β-unsaturated/α-hetero) is 1. The van der Waals surface area contributed by atoms with E-state index in [1.807, 2.05) is 13.8 Å². The lowest BCUT2D eigenvalue weighted by molar-refractivity contribution is -0.140. The molecule has 1 heterocycles. The number of benzene rings is 2. The molecule has 2 aromatic carbocycles. The van der Waals surface area contributed by atoms with Crippen LogP contribution in [0.2, 0.25) is 0 Å². The number of phenolic OH excluding ortho intramolecular Hbond substituents is 1. The maximum atomic E-state index is 13.1. The second kappa shape index (κ2) is 9.87. The van der Waals surface area contributed by atoms with Crippen molar-refractivity contribution < 1.29 is 24.5 Å². The summed E-state index contributed by atoms with van der Waals surface area (Å²) < 4.78 is 5.23. The molecule has 0 spiro atoms. The normalized spacial score (nSPS) is 17.9. The van der Waals surface area contributed by atoms with Crippen LogP contribution in [0.3, 0.4) is 0 Å². The van der Waals surface area contributed by atoms with E-state index in [9.17, 15) is 19.8 Å². The second-order valence-corrected chi connectivity index (χ2v) is 7.80. The summed E-state index contributed by atoms with van der Waals surface area (Å²) in [4.78, 5) is 29.8. The Morgan fingerprint density at radius 1 is 1.12 bits per heavy atom. The van der Waals surface area contributed by atoms with E-state index in [1.165, 1.54) is 17.0 Å². The molecular weight excluding hydrogens is 408 g/mol. The van der Waals surface area contributed by atoms with Crippen LogP contribution < -0.4 is 4.74 Å². The number of aryl methyl sites for hydroxylation is 1. The van der Waals surface area contributed by atoms with Gasteiger partial charge < -0.3 is 24.7 Å². The summed E-state index contributed by atoms with van der Waals surface area (Å²) in [6, 6.07) is 10.8. The van der Waals surface area contributed by atoms with Gasteiger partial charge in [-0.05, 0) is 61.5 Å². The fourth-order valence-electron chi connectivity index (χ4n) is 4.11. The lowest BCUT2D eigenvalue weighted by Crippen LogP contribution is -2.38. The Hall–Kier alpha value is -3.32. The van der Waals surface area contributed by atoms with Gasteiger partial charge in [0.05, 0.1) is 18.7 Å². The molecule has 32 heavy (non-hydrogen) atoms. The number of carbonyl (C=O) groups is 2. The highest BCUT2D eigenvalue weighted by molar-refractivity contribution is 6.46. The zero-order valence-electron chi connectivity index (χ0n) is 19.0. The largest absolute Gasteiger partial charge is 0.508 e. The van der Waals surface area contributed by atoms with Crippen LogP contribution in [0, 0.1) is 6.92 Å². The van der Waals surface area contributed by atoms with Gasteiger partial charge in [0, 0.05) is 18.7 Å². The minimum Gasteiger partial charge on any atom is -0.508 e. The van der Waals surface area contributed by atoms with Gasteiger partial charge in [-0.3, -0.25) is 9.59 Å². The third-order valence-electron chi connectivity index (χ3n) is 5.97. The number of aliphatic hydroxyl groups excluding tert-OH is 1. The fraction of sp³-hybridized carbons (Fsp3) is 0.360. The molecule has 1 saturated heterocycles. The highest BCUT2D eigenvalue weighted by Gasteiger charge is 2.46. The van der Waals surface area contributed by atoms with Gasteiger partial charge in [0.2, 0.25) is 0 Å². The minimum absolute atomic E-state index is 0.0217. The van der Waals surface area contributed by atoms with Gasteiger partial charge in [-0.15, -0.1) is 0 Å². The smallest absolute Gasteiger partial charge is 0.295 e. The number of aliphatic hydroxyl groups is 1. The van der Waals surface area contributed by atoms with E-state index >= 15 is 0 Å². The first kappa shape index (κ1) is 23.3. The highest BCUT2D eigenvalue weighted by Crippen LogP contribution is 2.40. The Balaban J connectivity index is 2.13. The van der Waals surface area contributed by atoms with Crippen molar-refractivity contribution in [2.75, 3.05) is 33.3 Å². The van der Waals surface area contributed by atoms with Crippen molar-refractivity contribution in [1.82, 2.24) is 9.80 Å². The zero-order valence-corrected chi connectivity index (χ0v) is 19.0. The average Bonchev–Trinajstić information content (AvgIpc) is 3.04. The number of hydrogen-bond acceptors (Lipinski definition) is 6. The molecule has 1 amide bonds. The number of ether oxygens (including phenoxy) is 1. The van der Waals surface area contributed by atoms with Crippen LogP contribution in [0.25, 0.3) is 5.76 Å². The van der Waals surface area contributed by atoms with E-state index in [-0.39, 0.29) is 17.1 Å². The van der Waals surface area contributed by atoms with Gasteiger partial charge in [-0.25, -0.2) is 0 Å². The van der Waals surface area contributed by atoms with Gasteiger partial charge in [-0.1, -0.05) is 26.0 Å². The number of rotatable bonds is 8. The summed E-state index contributed by atoms with van der Waals surface area (Å²) in [5, 5.41) is 21.2. The van der Waals surface area contributed by atoms with Gasteiger partial charge in [0.15, 0.2) is 0 Å². The predicted molar refractivity (Wildman–Crippen MR) is 123 cm³/mol. The van der Waals surface area contributed by atoms with E-state index < -0.39 is 17.7 Å². The number of phenols is 1. The molecule has 2 aromatic rings. The number of likely N-dealkylation sites (tertiary alicyclic amines) is 1. The highest BCUT2D eigenvalue weighted by atomic mass is 16.5. The van der Waals surface area contributed by atoms with Gasteiger partial charge in [0.25, 0.3) is 11.7 Å². The molecule has 0 saturated carbocycles. The third-order valence-corrected chi connectivity index (χ3v) is 5.97. The van der Waals surface area contributed by atoms with E-state index in [0.717, 1.165) is 13.1 Å². The van der Waals surface area contributed by atoms with E-state index in [2.05, 4.69) is 4.90 Å². The molecule has 7 nitrogen and oxygen atoms in total. The van der Waals surface area contributed by atoms with Gasteiger partial charge in [-0.2, -0.15) is 0 Å². The first-order valence-electron chi connectivity index (χ1n) is 10.8. The Labute approximate surface area is 188 Å². The quantitative estimate of drug-likeness (QED) is 0.373. The average molecular weight is 439 g/mol. The van der Waals surface area contributed by atoms with Crippen LogP contribution in [0.15, 0.2) is 48.0 Å². The van der Waals surface area contributed by atoms with E-state index in [4.69, 9.17) is 4.74 Å². The number of amides is 1. The summed E-state index contributed by atoms with van der Waals surface area (Å²) >= 11 is 0. The Morgan fingerprint density at radius 3 is 2.44 bits per heavy atom. The van der Waals surface area contributed by atoms with Crippen LogP contribution in [0.4, 0.5) is 0 Å². The molecule has 3 rings (SSSR count).